The Labute approximate surface area is 61.5 Å². The average molecular weight is 128 g/mol. The number of hydrogen-bond acceptors (Lipinski definition) is 2. The zero-order valence-electron chi connectivity index (χ0n) is 9.66. The van der Waals surface area contributed by atoms with Gasteiger partial charge in [-0.05, 0) is 19.0 Å². The first-order valence-electron chi connectivity index (χ1n) is 4.92. The third-order valence-electron chi connectivity index (χ3n) is 0.803. The van der Waals surface area contributed by atoms with Crippen molar-refractivity contribution in [2.45, 2.75) is 6.85 Å². The molecule has 0 aliphatic rings. The second kappa shape index (κ2) is 3.07. The molecule has 1 heterocycles. The summed E-state index contributed by atoms with van der Waals surface area (Å²) >= 11 is 0. The van der Waals surface area contributed by atoms with Gasteiger partial charge in [0.25, 0.3) is 0 Å². The maximum atomic E-state index is 7.17. The van der Waals surface area contributed by atoms with Crippen molar-refractivity contribution in [1.29, 1.82) is 0 Å². The SMILES string of the molecule is [2H]C([2H])([2H])C([2H])([2H])Oc1cccnc1. The number of nitrogens with zero attached hydrogens (tertiary/aromatic N) is 1. The van der Waals surface area contributed by atoms with E-state index in [-0.39, 0.29) is 5.75 Å². The minimum atomic E-state index is -2.82. The van der Waals surface area contributed by atoms with Crippen LogP contribution in [-0.4, -0.2) is 11.5 Å². The first-order valence-corrected chi connectivity index (χ1v) is 2.42. The predicted molar refractivity (Wildman–Crippen MR) is 35.4 cm³/mol. The Balaban J connectivity index is 2.79. The topological polar surface area (TPSA) is 22.1 Å². The van der Waals surface area contributed by atoms with Gasteiger partial charge in [0.2, 0.25) is 0 Å². The molecule has 0 aliphatic heterocycles. The van der Waals surface area contributed by atoms with E-state index in [1.807, 2.05) is 0 Å². The maximum Gasteiger partial charge on any atom is 0.137 e. The normalized spacial score (nSPS) is 20.2. The number of rotatable bonds is 2. The first-order chi connectivity index (χ1) is 6.33. The summed E-state index contributed by atoms with van der Waals surface area (Å²) in [5.41, 5.74) is 0. The van der Waals surface area contributed by atoms with Crippen molar-refractivity contribution in [3.63, 3.8) is 0 Å². The molecule has 9 heavy (non-hydrogen) atoms. The molecule has 2 heteroatoms. The number of aromatic nitrogens is 1. The fourth-order valence-electron chi connectivity index (χ4n) is 0.466. The van der Waals surface area contributed by atoms with Gasteiger partial charge in [0.15, 0.2) is 0 Å². The van der Waals surface area contributed by atoms with Gasteiger partial charge in [0, 0.05) is 10.3 Å². The highest BCUT2D eigenvalue weighted by atomic mass is 16.5. The van der Waals surface area contributed by atoms with Crippen LogP contribution in [0.3, 0.4) is 0 Å². The zero-order chi connectivity index (χ0) is 10.8. The van der Waals surface area contributed by atoms with Crippen molar-refractivity contribution in [2.24, 2.45) is 0 Å². The van der Waals surface area contributed by atoms with E-state index in [9.17, 15) is 0 Å². The molecular weight excluding hydrogens is 114 g/mol. The molecule has 1 rings (SSSR count). The molecule has 0 radical (unpaired) electrons. The van der Waals surface area contributed by atoms with Crippen molar-refractivity contribution in [3.05, 3.63) is 24.5 Å². The van der Waals surface area contributed by atoms with Crippen LogP contribution in [0, 0.1) is 0 Å². The van der Waals surface area contributed by atoms with E-state index < -0.39 is 13.4 Å². The molecule has 1 aromatic rings. The minimum Gasteiger partial charge on any atom is -0.492 e. The standard InChI is InChI=1S/C7H9NO/c1-2-9-7-4-3-5-8-6-7/h3-6H,2H2,1H3/i1D3,2D2. The molecule has 0 amide bonds. The van der Waals surface area contributed by atoms with E-state index in [1.165, 1.54) is 24.5 Å². The summed E-state index contributed by atoms with van der Waals surface area (Å²) in [7, 11) is 0. The molecule has 48 valence electrons. The summed E-state index contributed by atoms with van der Waals surface area (Å²) in [6, 6.07) is 2.97. The fourth-order valence-corrected chi connectivity index (χ4v) is 0.466. The van der Waals surface area contributed by atoms with Crippen LogP contribution in [0.2, 0.25) is 0 Å². The lowest BCUT2D eigenvalue weighted by atomic mass is 10.5. The summed E-state index contributed by atoms with van der Waals surface area (Å²) < 4.78 is 39.7. The van der Waals surface area contributed by atoms with Crippen LogP contribution in [-0.2, 0) is 0 Å². The Morgan fingerprint density at radius 2 is 3.00 bits per heavy atom. The van der Waals surface area contributed by atoms with Crippen molar-refractivity contribution in [2.75, 3.05) is 6.56 Å². The van der Waals surface area contributed by atoms with Gasteiger partial charge in [0.05, 0.1) is 15.5 Å². The van der Waals surface area contributed by atoms with Crippen LogP contribution < -0.4 is 4.74 Å². The van der Waals surface area contributed by atoms with Gasteiger partial charge >= 0.3 is 0 Å². The molecule has 0 saturated heterocycles. The molecule has 1 aromatic heterocycles. The summed E-state index contributed by atoms with van der Waals surface area (Å²) in [5, 5.41) is 0. The van der Waals surface area contributed by atoms with Crippen molar-refractivity contribution < 1.29 is 11.6 Å². The zero-order valence-corrected chi connectivity index (χ0v) is 4.66. The van der Waals surface area contributed by atoms with E-state index in [0.29, 0.717) is 0 Å². The number of hydrogen-bond donors (Lipinski definition) is 0. The largest absolute Gasteiger partial charge is 0.492 e. The van der Waals surface area contributed by atoms with Gasteiger partial charge in [-0.15, -0.1) is 0 Å². The first kappa shape index (κ1) is 2.29. The minimum absolute atomic E-state index is 0.0913. The monoisotopic (exact) mass is 128 g/mol. The highest BCUT2D eigenvalue weighted by Crippen LogP contribution is 2.04. The third kappa shape index (κ3) is 1.72. The molecular formula is C7H9NO. The lowest BCUT2D eigenvalue weighted by molar-refractivity contribution is 0.339. The van der Waals surface area contributed by atoms with Gasteiger partial charge in [-0.1, -0.05) is 0 Å². The van der Waals surface area contributed by atoms with E-state index >= 15 is 0 Å². The second-order valence-electron chi connectivity index (χ2n) is 1.39. The Kier molecular flexibility index (Phi) is 0.781. The molecule has 0 aliphatic carbocycles. The highest BCUT2D eigenvalue weighted by Gasteiger charge is 1.84. The van der Waals surface area contributed by atoms with Crippen LogP contribution in [0.5, 0.6) is 5.75 Å². The molecule has 0 aromatic carbocycles. The second-order valence-corrected chi connectivity index (χ2v) is 1.39. The molecule has 0 bridgehead atoms. The maximum absolute atomic E-state index is 7.17. The van der Waals surface area contributed by atoms with Gasteiger partial charge in [-0.2, -0.15) is 0 Å². The Morgan fingerprint density at radius 3 is 3.67 bits per heavy atom. The van der Waals surface area contributed by atoms with Gasteiger partial charge in [-0.3, -0.25) is 4.98 Å². The van der Waals surface area contributed by atoms with Crippen LogP contribution in [0.4, 0.5) is 0 Å². The predicted octanol–water partition coefficient (Wildman–Crippen LogP) is 1.48. The Bertz CT molecular complexity index is 297. The van der Waals surface area contributed by atoms with E-state index in [4.69, 9.17) is 6.85 Å². The summed E-state index contributed by atoms with van der Waals surface area (Å²) in [6.45, 7) is -5.52. The van der Waals surface area contributed by atoms with Crippen LogP contribution >= 0.6 is 0 Å². The van der Waals surface area contributed by atoms with Crippen molar-refractivity contribution in [3.8, 4) is 5.75 Å². The van der Waals surface area contributed by atoms with Crippen LogP contribution in [0.25, 0.3) is 0 Å². The quantitative estimate of drug-likeness (QED) is 0.602. The molecule has 2 nitrogen and oxygen atoms in total. The van der Waals surface area contributed by atoms with Crippen LogP contribution in [0.1, 0.15) is 13.7 Å². The van der Waals surface area contributed by atoms with Crippen LogP contribution in [0.15, 0.2) is 24.5 Å². The van der Waals surface area contributed by atoms with Gasteiger partial charge in [0.1, 0.15) is 5.75 Å². The number of ether oxygens (including phenoxy) is 1. The summed E-state index contributed by atoms with van der Waals surface area (Å²) in [4.78, 5) is 3.68. The lowest BCUT2D eigenvalue weighted by Gasteiger charge is -1.98. The van der Waals surface area contributed by atoms with E-state index in [2.05, 4.69) is 9.72 Å². The summed E-state index contributed by atoms with van der Waals surface area (Å²) in [6.07, 6.45) is 2.74. The fraction of sp³-hybridized carbons (Fsp3) is 0.286. The van der Waals surface area contributed by atoms with Crippen molar-refractivity contribution >= 4 is 0 Å². The van der Waals surface area contributed by atoms with E-state index in [1.54, 1.807) is 0 Å². The molecule has 0 N–H and O–H groups in total. The molecule has 0 spiro atoms. The van der Waals surface area contributed by atoms with Gasteiger partial charge in [-0.25, -0.2) is 0 Å². The third-order valence-corrected chi connectivity index (χ3v) is 0.803. The lowest BCUT2D eigenvalue weighted by Crippen LogP contribution is -1.90. The smallest absolute Gasteiger partial charge is 0.137 e. The molecule has 0 saturated carbocycles. The molecule has 0 fully saturated rings. The highest BCUT2D eigenvalue weighted by molar-refractivity contribution is 5.14. The van der Waals surface area contributed by atoms with Crippen molar-refractivity contribution in [1.82, 2.24) is 4.98 Å². The average Bonchev–Trinajstić information content (AvgIpc) is 2.03. The Morgan fingerprint density at radius 1 is 2.00 bits per heavy atom. The summed E-state index contributed by atoms with van der Waals surface area (Å²) in [5.74, 6) is 0.0913. The van der Waals surface area contributed by atoms with E-state index in [0.717, 1.165) is 0 Å². The molecule has 0 unspecified atom stereocenters. The molecule has 0 atom stereocenters. The Hall–Kier alpha value is -1.05. The number of pyridine rings is 1. The van der Waals surface area contributed by atoms with Gasteiger partial charge < -0.3 is 4.74 Å².